The van der Waals surface area contributed by atoms with E-state index in [2.05, 4.69) is 22.5 Å². The molecular weight excluding hydrogens is 406 g/mol. The molecule has 0 radical (unpaired) electrons. The third-order valence-corrected chi connectivity index (χ3v) is 6.64. The van der Waals surface area contributed by atoms with Gasteiger partial charge in [0.2, 0.25) is 0 Å². The van der Waals surface area contributed by atoms with Crippen molar-refractivity contribution in [2.75, 3.05) is 5.75 Å². The monoisotopic (exact) mass is 427 g/mol. The van der Waals surface area contributed by atoms with Crippen LogP contribution in [-0.2, 0) is 6.54 Å². The van der Waals surface area contributed by atoms with Crippen LogP contribution in [0.3, 0.4) is 0 Å². The average molecular weight is 428 g/mol. The third kappa shape index (κ3) is 3.86. The standard InChI is InChI=1S/C25H21N3O2S/c29-24(26-21-14-15-31-22-13-7-6-12-20(21)22)23-18-10-4-5-11-19(18)25(30)28(27-23)16-17-8-2-1-3-9-17/h1-13,21H,14-16H2,(H,26,29)/t21-/m0/s1. The lowest BCUT2D eigenvalue weighted by molar-refractivity contribution is 0.0929. The Morgan fingerprint density at radius 1 is 0.968 bits per heavy atom. The van der Waals surface area contributed by atoms with Crippen molar-refractivity contribution in [1.82, 2.24) is 15.1 Å². The third-order valence-electron chi connectivity index (χ3n) is 5.52. The number of nitrogens with zero attached hydrogens (tertiary/aromatic N) is 2. The second kappa shape index (κ2) is 8.40. The fourth-order valence-electron chi connectivity index (χ4n) is 3.98. The maximum atomic E-state index is 13.4. The average Bonchev–Trinajstić information content (AvgIpc) is 2.82. The molecule has 1 aliphatic rings. The van der Waals surface area contributed by atoms with E-state index < -0.39 is 0 Å². The number of benzene rings is 3. The molecule has 31 heavy (non-hydrogen) atoms. The van der Waals surface area contributed by atoms with Crippen LogP contribution in [0.25, 0.3) is 10.8 Å². The van der Waals surface area contributed by atoms with Crippen LogP contribution in [0.1, 0.15) is 34.1 Å². The quantitative estimate of drug-likeness (QED) is 0.524. The van der Waals surface area contributed by atoms with Crippen LogP contribution in [0.15, 0.2) is 88.6 Å². The molecule has 6 heteroatoms. The van der Waals surface area contributed by atoms with Gasteiger partial charge < -0.3 is 5.32 Å². The predicted molar refractivity (Wildman–Crippen MR) is 124 cm³/mol. The summed E-state index contributed by atoms with van der Waals surface area (Å²) in [5.41, 5.74) is 2.17. The molecule has 0 unspecified atom stereocenters. The number of amides is 1. The summed E-state index contributed by atoms with van der Waals surface area (Å²) in [5.74, 6) is 0.689. The molecule has 1 aliphatic heterocycles. The molecule has 0 saturated heterocycles. The minimum Gasteiger partial charge on any atom is -0.344 e. The number of hydrogen-bond acceptors (Lipinski definition) is 4. The zero-order valence-electron chi connectivity index (χ0n) is 16.8. The number of nitrogens with one attached hydrogen (secondary N) is 1. The molecule has 4 aromatic rings. The Balaban J connectivity index is 1.54. The Hall–Kier alpha value is -3.38. The van der Waals surface area contributed by atoms with Crippen molar-refractivity contribution >= 4 is 28.4 Å². The van der Waals surface area contributed by atoms with Crippen LogP contribution in [0.5, 0.6) is 0 Å². The van der Waals surface area contributed by atoms with Crippen molar-refractivity contribution < 1.29 is 4.79 Å². The number of hydrogen-bond donors (Lipinski definition) is 1. The van der Waals surface area contributed by atoms with Crippen LogP contribution in [-0.4, -0.2) is 21.4 Å². The summed E-state index contributed by atoms with van der Waals surface area (Å²) >= 11 is 1.81. The van der Waals surface area contributed by atoms with E-state index in [1.807, 2.05) is 66.4 Å². The normalized spacial score (nSPS) is 15.4. The van der Waals surface area contributed by atoms with Gasteiger partial charge in [-0.3, -0.25) is 9.59 Å². The van der Waals surface area contributed by atoms with Gasteiger partial charge in [-0.1, -0.05) is 66.7 Å². The summed E-state index contributed by atoms with van der Waals surface area (Å²) in [7, 11) is 0. The van der Waals surface area contributed by atoms with Crippen LogP contribution >= 0.6 is 11.8 Å². The van der Waals surface area contributed by atoms with Gasteiger partial charge in [-0.05, 0) is 29.7 Å². The first kappa shape index (κ1) is 19.6. The van der Waals surface area contributed by atoms with Crippen molar-refractivity contribution in [2.45, 2.75) is 23.9 Å². The van der Waals surface area contributed by atoms with Crippen molar-refractivity contribution in [2.24, 2.45) is 0 Å². The molecule has 0 spiro atoms. The molecule has 5 nitrogen and oxygen atoms in total. The first-order valence-electron chi connectivity index (χ1n) is 10.3. The van der Waals surface area contributed by atoms with Gasteiger partial charge in [0.1, 0.15) is 0 Å². The minimum absolute atomic E-state index is 0.0694. The van der Waals surface area contributed by atoms with Crippen LogP contribution < -0.4 is 10.9 Å². The van der Waals surface area contributed by atoms with Gasteiger partial charge in [0, 0.05) is 16.0 Å². The van der Waals surface area contributed by atoms with Gasteiger partial charge >= 0.3 is 0 Å². The summed E-state index contributed by atoms with van der Waals surface area (Å²) in [6.45, 7) is 0.313. The molecule has 1 amide bonds. The second-order valence-electron chi connectivity index (χ2n) is 7.54. The van der Waals surface area contributed by atoms with Crippen LogP contribution in [0.4, 0.5) is 0 Å². The maximum Gasteiger partial charge on any atom is 0.274 e. The van der Waals surface area contributed by atoms with Gasteiger partial charge in [0.25, 0.3) is 11.5 Å². The topological polar surface area (TPSA) is 64.0 Å². The first-order valence-corrected chi connectivity index (χ1v) is 11.3. The SMILES string of the molecule is O=C(N[C@H]1CCSc2ccccc21)c1nn(Cc2ccccc2)c(=O)c2ccccc12. The fraction of sp³-hybridized carbons (Fsp3) is 0.160. The Bertz CT molecular complexity index is 1320. The van der Waals surface area contributed by atoms with E-state index in [9.17, 15) is 9.59 Å². The highest BCUT2D eigenvalue weighted by Gasteiger charge is 2.24. The number of aromatic nitrogens is 2. The smallest absolute Gasteiger partial charge is 0.274 e. The van der Waals surface area contributed by atoms with E-state index in [0.717, 1.165) is 23.3 Å². The lowest BCUT2D eigenvalue weighted by Gasteiger charge is -2.26. The Labute approximate surface area is 184 Å². The highest BCUT2D eigenvalue weighted by Crippen LogP contribution is 2.36. The van der Waals surface area contributed by atoms with Gasteiger partial charge in [-0.15, -0.1) is 11.8 Å². The molecule has 0 aliphatic carbocycles. The highest BCUT2D eigenvalue weighted by molar-refractivity contribution is 7.99. The Morgan fingerprint density at radius 2 is 1.68 bits per heavy atom. The van der Waals surface area contributed by atoms with Gasteiger partial charge in [0.05, 0.1) is 18.0 Å². The van der Waals surface area contributed by atoms with E-state index >= 15 is 0 Å². The van der Waals surface area contributed by atoms with E-state index in [-0.39, 0.29) is 23.2 Å². The number of thioether (sulfide) groups is 1. The summed E-state index contributed by atoms with van der Waals surface area (Å²) in [6.07, 6.45) is 0.856. The molecule has 2 heterocycles. The van der Waals surface area contributed by atoms with E-state index in [1.165, 1.54) is 9.58 Å². The molecule has 0 fully saturated rings. The molecule has 0 saturated carbocycles. The van der Waals surface area contributed by atoms with Gasteiger partial charge in [-0.2, -0.15) is 5.10 Å². The molecule has 1 N–H and O–H groups in total. The molecule has 1 aromatic heterocycles. The summed E-state index contributed by atoms with van der Waals surface area (Å²) < 4.78 is 1.39. The lowest BCUT2D eigenvalue weighted by Crippen LogP contribution is -2.34. The number of rotatable bonds is 4. The van der Waals surface area contributed by atoms with Crippen molar-refractivity contribution in [3.8, 4) is 0 Å². The van der Waals surface area contributed by atoms with Crippen molar-refractivity contribution in [1.29, 1.82) is 0 Å². The van der Waals surface area contributed by atoms with Crippen LogP contribution in [0, 0.1) is 0 Å². The highest BCUT2D eigenvalue weighted by atomic mass is 32.2. The number of fused-ring (bicyclic) bond motifs is 2. The Kier molecular flexibility index (Phi) is 5.30. The van der Waals surface area contributed by atoms with E-state index in [1.54, 1.807) is 12.1 Å². The van der Waals surface area contributed by atoms with E-state index in [4.69, 9.17) is 0 Å². The predicted octanol–water partition coefficient (Wildman–Crippen LogP) is 4.41. The Morgan fingerprint density at radius 3 is 2.52 bits per heavy atom. The van der Waals surface area contributed by atoms with Crippen molar-refractivity contribution in [3.63, 3.8) is 0 Å². The van der Waals surface area contributed by atoms with Crippen molar-refractivity contribution in [3.05, 3.63) is 106 Å². The second-order valence-corrected chi connectivity index (χ2v) is 8.68. The largest absolute Gasteiger partial charge is 0.344 e. The summed E-state index contributed by atoms with van der Waals surface area (Å²) in [6, 6.07) is 24.9. The molecule has 1 atom stereocenters. The molecule has 5 rings (SSSR count). The molecule has 3 aromatic carbocycles. The lowest BCUT2D eigenvalue weighted by atomic mass is 10.0. The fourth-order valence-corrected chi connectivity index (χ4v) is 5.11. The maximum absolute atomic E-state index is 13.4. The molecule has 154 valence electrons. The summed E-state index contributed by atoms with van der Waals surface area (Å²) in [5, 5.41) is 8.74. The summed E-state index contributed by atoms with van der Waals surface area (Å²) in [4.78, 5) is 27.6. The number of carbonyl (C=O) groups excluding carboxylic acids is 1. The zero-order chi connectivity index (χ0) is 21.2. The van der Waals surface area contributed by atoms with Crippen LogP contribution in [0.2, 0.25) is 0 Å². The molecule has 0 bridgehead atoms. The molecular formula is C25H21N3O2S. The first-order chi connectivity index (χ1) is 15.2. The van der Waals surface area contributed by atoms with Gasteiger partial charge in [-0.25, -0.2) is 4.68 Å². The number of carbonyl (C=O) groups is 1. The minimum atomic E-state index is -0.260. The van der Waals surface area contributed by atoms with E-state index in [0.29, 0.717) is 17.3 Å². The zero-order valence-corrected chi connectivity index (χ0v) is 17.6. The van der Waals surface area contributed by atoms with Gasteiger partial charge in [0.15, 0.2) is 5.69 Å².